The number of hydrogen-bond acceptors (Lipinski definition) is 5. The first-order valence-electron chi connectivity index (χ1n) is 5.11. The van der Waals surface area contributed by atoms with Gasteiger partial charge in [0.2, 0.25) is 0 Å². The summed E-state index contributed by atoms with van der Waals surface area (Å²) >= 11 is 5.91. The fourth-order valence-electron chi connectivity index (χ4n) is 1.50. The Labute approximate surface area is 104 Å². The van der Waals surface area contributed by atoms with Crippen molar-refractivity contribution in [1.29, 1.82) is 0 Å². The van der Waals surface area contributed by atoms with E-state index in [-0.39, 0.29) is 17.3 Å². The van der Waals surface area contributed by atoms with E-state index in [9.17, 15) is 15.0 Å². The minimum absolute atomic E-state index is 0.127. The standard InChI is InChI=1S/C10H15ClN2O4/c1-4-17-10(16)8(15)7(14)6-5(2)12-13(3)9(6)11/h7-8,14-15H,4H2,1-3H3. The van der Waals surface area contributed by atoms with Gasteiger partial charge in [-0.1, -0.05) is 11.6 Å². The van der Waals surface area contributed by atoms with Crippen molar-refractivity contribution in [2.24, 2.45) is 7.05 Å². The second-order valence-corrected chi connectivity index (χ2v) is 3.91. The highest BCUT2D eigenvalue weighted by Crippen LogP contribution is 2.28. The molecule has 0 spiro atoms. The summed E-state index contributed by atoms with van der Waals surface area (Å²) in [5.74, 6) is -0.890. The van der Waals surface area contributed by atoms with Crippen LogP contribution >= 0.6 is 11.6 Å². The van der Waals surface area contributed by atoms with E-state index in [2.05, 4.69) is 9.84 Å². The molecule has 2 unspecified atom stereocenters. The summed E-state index contributed by atoms with van der Waals surface area (Å²) < 4.78 is 5.97. The fraction of sp³-hybridized carbons (Fsp3) is 0.600. The fourth-order valence-corrected chi connectivity index (χ4v) is 1.78. The first-order chi connectivity index (χ1) is 7.90. The number of hydrogen-bond donors (Lipinski definition) is 2. The third-order valence-corrected chi connectivity index (χ3v) is 2.77. The summed E-state index contributed by atoms with van der Waals surface area (Å²) in [6.07, 6.45) is -3.12. The number of carbonyl (C=O) groups excluding carboxylic acids is 1. The number of aryl methyl sites for hydroxylation is 2. The average Bonchev–Trinajstić information content (AvgIpc) is 2.51. The summed E-state index contributed by atoms with van der Waals surface area (Å²) in [6, 6.07) is 0. The van der Waals surface area contributed by atoms with Crippen molar-refractivity contribution in [3.8, 4) is 0 Å². The normalized spacial score (nSPS) is 14.5. The van der Waals surface area contributed by atoms with Gasteiger partial charge in [0.25, 0.3) is 0 Å². The van der Waals surface area contributed by atoms with Crippen molar-refractivity contribution in [3.05, 3.63) is 16.4 Å². The average molecular weight is 263 g/mol. The summed E-state index contributed by atoms with van der Waals surface area (Å²) in [5, 5.41) is 23.6. The zero-order valence-electron chi connectivity index (χ0n) is 9.85. The number of halogens is 1. The lowest BCUT2D eigenvalue weighted by Gasteiger charge is -2.16. The molecule has 1 aromatic heterocycles. The van der Waals surface area contributed by atoms with Crippen LogP contribution in [-0.2, 0) is 16.6 Å². The first-order valence-corrected chi connectivity index (χ1v) is 5.49. The van der Waals surface area contributed by atoms with Crippen molar-refractivity contribution in [2.45, 2.75) is 26.1 Å². The van der Waals surface area contributed by atoms with Gasteiger partial charge >= 0.3 is 5.97 Å². The van der Waals surface area contributed by atoms with Gasteiger partial charge in [0.15, 0.2) is 6.10 Å². The van der Waals surface area contributed by atoms with E-state index in [4.69, 9.17) is 11.6 Å². The largest absolute Gasteiger partial charge is 0.464 e. The summed E-state index contributed by atoms with van der Waals surface area (Å²) in [5.41, 5.74) is 0.683. The SMILES string of the molecule is CCOC(=O)C(O)C(O)c1c(C)nn(C)c1Cl. The molecular weight excluding hydrogens is 248 g/mol. The molecule has 1 heterocycles. The second-order valence-electron chi connectivity index (χ2n) is 3.56. The maximum Gasteiger partial charge on any atom is 0.338 e. The predicted octanol–water partition coefficient (Wildman–Crippen LogP) is 0.339. The van der Waals surface area contributed by atoms with Crippen LogP contribution in [-0.4, -0.2) is 38.7 Å². The minimum atomic E-state index is -1.67. The molecule has 1 aromatic rings. The highest BCUT2D eigenvalue weighted by molar-refractivity contribution is 6.30. The van der Waals surface area contributed by atoms with E-state index in [0.717, 1.165) is 0 Å². The van der Waals surface area contributed by atoms with Crippen molar-refractivity contribution in [3.63, 3.8) is 0 Å². The molecule has 17 heavy (non-hydrogen) atoms. The second kappa shape index (κ2) is 5.48. The van der Waals surface area contributed by atoms with Crippen LogP contribution in [0, 0.1) is 6.92 Å². The number of aromatic nitrogens is 2. The van der Waals surface area contributed by atoms with E-state index in [0.29, 0.717) is 5.69 Å². The lowest BCUT2D eigenvalue weighted by molar-refractivity contribution is -0.159. The van der Waals surface area contributed by atoms with Crippen molar-refractivity contribution in [2.75, 3.05) is 6.61 Å². The number of esters is 1. The van der Waals surface area contributed by atoms with Crippen LogP contribution in [0.3, 0.4) is 0 Å². The van der Waals surface area contributed by atoms with E-state index in [1.165, 1.54) is 4.68 Å². The molecule has 0 radical (unpaired) electrons. The van der Waals surface area contributed by atoms with Crippen LogP contribution in [0.4, 0.5) is 0 Å². The molecule has 0 amide bonds. The van der Waals surface area contributed by atoms with Gasteiger partial charge in [-0.3, -0.25) is 4.68 Å². The highest BCUT2D eigenvalue weighted by Gasteiger charge is 2.31. The lowest BCUT2D eigenvalue weighted by atomic mass is 10.1. The Kier molecular flexibility index (Phi) is 4.50. The van der Waals surface area contributed by atoms with Crippen LogP contribution in [0.25, 0.3) is 0 Å². The topological polar surface area (TPSA) is 84.6 Å². The van der Waals surface area contributed by atoms with Crippen molar-refractivity contribution in [1.82, 2.24) is 9.78 Å². The third kappa shape index (κ3) is 2.77. The molecule has 2 atom stereocenters. The maximum absolute atomic E-state index is 11.3. The summed E-state index contributed by atoms with van der Waals surface area (Å²) in [4.78, 5) is 11.3. The zero-order chi connectivity index (χ0) is 13.2. The Morgan fingerprint density at radius 1 is 1.59 bits per heavy atom. The van der Waals surface area contributed by atoms with Crippen LogP contribution in [0.5, 0.6) is 0 Å². The Bertz CT molecular complexity index is 419. The molecule has 0 fully saturated rings. The van der Waals surface area contributed by atoms with Crippen molar-refractivity contribution < 1.29 is 19.7 Å². The molecule has 6 nitrogen and oxygen atoms in total. The number of aliphatic hydroxyl groups excluding tert-OH is 2. The molecule has 0 aliphatic rings. The number of nitrogens with zero attached hydrogens (tertiary/aromatic N) is 2. The van der Waals surface area contributed by atoms with Gasteiger partial charge in [-0.05, 0) is 13.8 Å². The van der Waals surface area contributed by atoms with Gasteiger partial charge in [-0.2, -0.15) is 5.10 Å². The Morgan fingerprint density at radius 2 is 2.18 bits per heavy atom. The molecule has 0 saturated heterocycles. The van der Waals surface area contributed by atoms with Crippen molar-refractivity contribution >= 4 is 17.6 Å². The predicted molar refractivity (Wildman–Crippen MR) is 60.6 cm³/mol. The highest BCUT2D eigenvalue weighted by atomic mass is 35.5. The van der Waals surface area contributed by atoms with Crippen LogP contribution in [0.1, 0.15) is 24.3 Å². The molecule has 96 valence electrons. The monoisotopic (exact) mass is 262 g/mol. The Hall–Kier alpha value is -1.11. The van der Waals surface area contributed by atoms with E-state index in [1.54, 1.807) is 20.9 Å². The smallest absolute Gasteiger partial charge is 0.338 e. The van der Waals surface area contributed by atoms with Gasteiger partial charge < -0.3 is 14.9 Å². The van der Waals surface area contributed by atoms with Gasteiger partial charge in [0.1, 0.15) is 11.3 Å². The molecular formula is C10H15ClN2O4. The van der Waals surface area contributed by atoms with Crippen LogP contribution in [0.15, 0.2) is 0 Å². The Morgan fingerprint density at radius 3 is 2.59 bits per heavy atom. The van der Waals surface area contributed by atoms with E-state index < -0.39 is 18.2 Å². The number of aliphatic hydroxyl groups is 2. The van der Waals surface area contributed by atoms with Gasteiger partial charge in [0, 0.05) is 12.6 Å². The quantitative estimate of drug-likeness (QED) is 0.765. The number of rotatable bonds is 4. The molecule has 0 aliphatic carbocycles. The van der Waals surface area contributed by atoms with Gasteiger partial charge in [-0.25, -0.2) is 4.79 Å². The number of ether oxygens (including phenoxy) is 1. The number of carbonyl (C=O) groups is 1. The molecule has 0 aliphatic heterocycles. The maximum atomic E-state index is 11.3. The van der Waals surface area contributed by atoms with E-state index >= 15 is 0 Å². The van der Waals surface area contributed by atoms with E-state index in [1.807, 2.05) is 0 Å². The Balaban J connectivity index is 2.96. The molecule has 0 saturated carbocycles. The minimum Gasteiger partial charge on any atom is -0.464 e. The first kappa shape index (κ1) is 14.0. The van der Waals surface area contributed by atoms with Crippen LogP contribution in [0.2, 0.25) is 5.15 Å². The molecule has 2 N–H and O–H groups in total. The molecule has 7 heteroatoms. The summed E-state index contributed by atoms with van der Waals surface area (Å²) in [6.45, 7) is 3.37. The molecule has 0 aromatic carbocycles. The zero-order valence-corrected chi connectivity index (χ0v) is 10.6. The van der Waals surface area contributed by atoms with Crippen LogP contribution < -0.4 is 0 Å². The van der Waals surface area contributed by atoms with Gasteiger partial charge in [0.05, 0.1) is 12.3 Å². The molecule has 0 bridgehead atoms. The molecule has 1 rings (SSSR count). The van der Waals surface area contributed by atoms with Gasteiger partial charge in [-0.15, -0.1) is 0 Å². The third-order valence-electron chi connectivity index (χ3n) is 2.32. The summed E-state index contributed by atoms with van der Waals surface area (Å²) in [7, 11) is 1.60. The lowest BCUT2D eigenvalue weighted by Crippen LogP contribution is -2.30.